The summed E-state index contributed by atoms with van der Waals surface area (Å²) in [5.74, 6) is 1.84. The number of hydrogen-bond acceptors (Lipinski definition) is 5. The molecule has 7 heteroatoms. The smallest absolute Gasteiger partial charge is 0.119 e. The van der Waals surface area contributed by atoms with Crippen molar-refractivity contribution >= 4 is 24.8 Å². The van der Waals surface area contributed by atoms with Crippen LogP contribution in [0.2, 0.25) is 0 Å². The Morgan fingerprint density at radius 3 is 2.59 bits per heavy atom. The fourth-order valence-corrected chi connectivity index (χ4v) is 4.72. The van der Waals surface area contributed by atoms with Gasteiger partial charge in [-0.05, 0) is 62.4 Å². The van der Waals surface area contributed by atoms with E-state index in [-0.39, 0.29) is 24.8 Å². The predicted molar refractivity (Wildman–Crippen MR) is 123 cm³/mol. The molecule has 3 fully saturated rings. The predicted octanol–water partition coefficient (Wildman–Crippen LogP) is 3.21. The molecule has 0 saturated carbocycles. The maximum Gasteiger partial charge on any atom is 0.119 e. The molecule has 3 saturated heterocycles. The van der Waals surface area contributed by atoms with E-state index in [2.05, 4.69) is 39.4 Å². The van der Waals surface area contributed by atoms with Gasteiger partial charge in [-0.1, -0.05) is 12.1 Å². The van der Waals surface area contributed by atoms with Crippen LogP contribution in [0.3, 0.4) is 0 Å². The second-order valence-electron chi connectivity index (χ2n) is 8.29. The molecule has 0 bridgehead atoms. The molecule has 1 N–H and O–H groups in total. The summed E-state index contributed by atoms with van der Waals surface area (Å²) in [4.78, 5) is 5.09. The van der Waals surface area contributed by atoms with Gasteiger partial charge in [-0.15, -0.1) is 24.8 Å². The highest BCUT2D eigenvalue weighted by atomic mass is 35.5. The SMILES string of the molecule is Cl.Cl.c1cc(OCCCN2CCOCC2)ccc1CN1CC[C@@H]2NCCC[C@@H]2C1. The lowest BCUT2D eigenvalue weighted by atomic mass is 9.85. The van der Waals surface area contributed by atoms with Gasteiger partial charge in [0.15, 0.2) is 0 Å². The molecule has 0 amide bonds. The van der Waals surface area contributed by atoms with Crippen molar-refractivity contribution in [3.05, 3.63) is 29.8 Å². The number of fused-ring (bicyclic) bond motifs is 1. The third-order valence-corrected chi connectivity index (χ3v) is 6.30. The Hall–Kier alpha value is -0.560. The third-order valence-electron chi connectivity index (χ3n) is 6.30. The highest BCUT2D eigenvalue weighted by Crippen LogP contribution is 2.26. The Bertz CT molecular complexity index is 570. The molecule has 0 radical (unpaired) electrons. The lowest BCUT2D eigenvalue weighted by Crippen LogP contribution is -2.51. The van der Waals surface area contributed by atoms with Gasteiger partial charge in [-0.2, -0.15) is 0 Å². The lowest BCUT2D eigenvalue weighted by molar-refractivity contribution is 0.0358. The first-order valence-corrected chi connectivity index (χ1v) is 10.8. The van der Waals surface area contributed by atoms with Crippen molar-refractivity contribution in [3.63, 3.8) is 0 Å². The Balaban J connectivity index is 0.00000150. The molecule has 0 aromatic heterocycles. The second kappa shape index (κ2) is 13.0. The van der Waals surface area contributed by atoms with Crippen LogP contribution in [0.4, 0.5) is 0 Å². The minimum Gasteiger partial charge on any atom is -0.494 e. The molecule has 166 valence electrons. The summed E-state index contributed by atoms with van der Waals surface area (Å²) in [6.45, 7) is 10.5. The van der Waals surface area contributed by atoms with Gasteiger partial charge in [0, 0.05) is 38.8 Å². The summed E-state index contributed by atoms with van der Waals surface area (Å²) in [7, 11) is 0. The standard InChI is InChI=1S/C22H35N3O2.2ClH/c1-3-20-18-25(11-8-22(20)23-9-1)17-19-4-6-21(7-5-19)27-14-2-10-24-12-15-26-16-13-24;;/h4-7,20,22-23H,1-3,8-18H2;2*1H/t20-,22+;;/m1../s1. The van der Waals surface area contributed by atoms with Gasteiger partial charge in [-0.3, -0.25) is 9.80 Å². The van der Waals surface area contributed by atoms with Crippen molar-refractivity contribution < 1.29 is 9.47 Å². The fraction of sp³-hybridized carbons (Fsp3) is 0.727. The van der Waals surface area contributed by atoms with E-state index in [4.69, 9.17) is 9.47 Å². The Kier molecular flexibility index (Phi) is 11.1. The van der Waals surface area contributed by atoms with Crippen LogP contribution in [-0.2, 0) is 11.3 Å². The molecule has 3 aliphatic heterocycles. The van der Waals surface area contributed by atoms with Gasteiger partial charge >= 0.3 is 0 Å². The molecule has 29 heavy (non-hydrogen) atoms. The second-order valence-corrected chi connectivity index (χ2v) is 8.29. The summed E-state index contributed by atoms with van der Waals surface area (Å²) in [6.07, 6.45) is 5.11. The number of likely N-dealkylation sites (tertiary alicyclic amines) is 1. The molecule has 0 aliphatic carbocycles. The molecule has 2 atom stereocenters. The van der Waals surface area contributed by atoms with Gasteiger partial charge in [0.25, 0.3) is 0 Å². The van der Waals surface area contributed by atoms with Crippen molar-refractivity contribution in [1.29, 1.82) is 0 Å². The van der Waals surface area contributed by atoms with E-state index in [0.29, 0.717) is 0 Å². The molecule has 1 aromatic rings. The summed E-state index contributed by atoms with van der Waals surface area (Å²) in [5.41, 5.74) is 1.40. The van der Waals surface area contributed by atoms with Crippen molar-refractivity contribution in [1.82, 2.24) is 15.1 Å². The highest BCUT2D eigenvalue weighted by Gasteiger charge is 2.30. The van der Waals surface area contributed by atoms with Gasteiger partial charge in [0.1, 0.15) is 5.75 Å². The Morgan fingerprint density at radius 1 is 1.00 bits per heavy atom. The first-order valence-electron chi connectivity index (χ1n) is 10.8. The number of hydrogen-bond donors (Lipinski definition) is 1. The fourth-order valence-electron chi connectivity index (χ4n) is 4.72. The Labute approximate surface area is 188 Å². The van der Waals surface area contributed by atoms with E-state index in [9.17, 15) is 0 Å². The van der Waals surface area contributed by atoms with Gasteiger partial charge in [0.2, 0.25) is 0 Å². The number of piperidine rings is 2. The van der Waals surface area contributed by atoms with Crippen molar-refractivity contribution in [2.45, 2.75) is 38.3 Å². The van der Waals surface area contributed by atoms with E-state index >= 15 is 0 Å². The van der Waals surface area contributed by atoms with Crippen LogP contribution < -0.4 is 10.1 Å². The summed E-state index contributed by atoms with van der Waals surface area (Å²) >= 11 is 0. The van der Waals surface area contributed by atoms with Gasteiger partial charge < -0.3 is 14.8 Å². The molecule has 3 aliphatic rings. The molecule has 0 spiro atoms. The van der Waals surface area contributed by atoms with Crippen LogP contribution in [0, 0.1) is 5.92 Å². The molecule has 4 rings (SSSR count). The van der Waals surface area contributed by atoms with Gasteiger partial charge in [-0.25, -0.2) is 0 Å². The summed E-state index contributed by atoms with van der Waals surface area (Å²) in [6, 6.07) is 9.52. The topological polar surface area (TPSA) is 37.0 Å². The molecule has 5 nitrogen and oxygen atoms in total. The summed E-state index contributed by atoms with van der Waals surface area (Å²) < 4.78 is 11.3. The lowest BCUT2D eigenvalue weighted by Gasteiger charge is -2.41. The first-order chi connectivity index (χ1) is 13.4. The van der Waals surface area contributed by atoms with E-state index in [1.807, 2.05) is 0 Å². The van der Waals surface area contributed by atoms with E-state index in [0.717, 1.165) is 70.1 Å². The van der Waals surface area contributed by atoms with Crippen LogP contribution in [0.15, 0.2) is 24.3 Å². The minimum absolute atomic E-state index is 0. The number of nitrogens with zero attached hydrogens (tertiary/aromatic N) is 2. The number of morpholine rings is 1. The molecule has 1 aromatic carbocycles. The van der Waals surface area contributed by atoms with Crippen LogP contribution in [0.25, 0.3) is 0 Å². The van der Waals surface area contributed by atoms with Crippen molar-refractivity contribution in [3.8, 4) is 5.75 Å². The average Bonchev–Trinajstić information content (AvgIpc) is 2.73. The van der Waals surface area contributed by atoms with Crippen LogP contribution in [0.5, 0.6) is 5.75 Å². The zero-order valence-corrected chi connectivity index (χ0v) is 19.0. The third kappa shape index (κ3) is 7.57. The normalized spacial score (nSPS) is 25.4. The molecule has 0 unspecified atom stereocenters. The average molecular weight is 446 g/mol. The highest BCUT2D eigenvalue weighted by molar-refractivity contribution is 5.85. The van der Waals surface area contributed by atoms with Crippen LogP contribution in [0.1, 0.15) is 31.2 Å². The maximum atomic E-state index is 5.93. The zero-order chi connectivity index (χ0) is 18.3. The van der Waals surface area contributed by atoms with Gasteiger partial charge in [0.05, 0.1) is 19.8 Å². The van der Waals surface area contributed by atoms with E-state index < -0.39 is 0 Å². The maximum absolute atomic E-state index is 5.93. The first kappa shape index (κ1) is 24.7. The molecular weight excluding hydrogens is 409 g/mol. The quantitative estimate of drug-likeness (QED) is 0.652. The van der Waals surface area contributed by atoms with Crippen molar-refractivity contribution in [2.75, 3.05) is 59.1 Å². The van der Waals surface area contributed by atoms with Crippen LogP contribution >= 0.6 is 24.8 Å². The Morgan fingerprint density at radius 2 is 1.79 bits per heavy atom. The number of halogens is 2. The number of rotatable bonds is 7. The zero-order valence-electron chi connectivity index (χ0n) is 17.4. The molecule has 3 heterocycles. The number of nitrogens with one attached hydrogen (secondary N) is 1. The summed E-state index contributed by atoms with van der Waals surface area (Å²) in [5, 5.41) is 3.71. The molecular formula is C22H37Cl2N3O2. The number of ether oxygens (including phenoxy) is 2. The largest absolute Gasteiger partial charge is 0.494 e. The van der Waals surface area contributed by atoms with Crippen molar-refractivity contribution in [2.24, 2.45) is 5.92 Å². The minimum atomic E-state index is 0. The monoisotopic (exact) mass is 445 g/mol. The number of benzene rings is 1. The van der Waals surface area contributed by atoms with E-state index in [1.54, 1.807) is 0 Å². The van der Waals surface area contributed by atoms with Crippen LogP contribution in [-0.4, -0.2) is 74.9 Å². The van der Waals surface area contributed by atoms with E-state index in [1.165, 1.54) is 44.5 Å².